The van der Waals surface area contributed by atoms with E-state index in [9.17, 15) is 4.39 Å². The molecule has 1 heterocycles. The van der Waals surface area contributed by atoms with E-state index in [-0.39, 0.29) is 11.2 Å². The first-order valence-electron chi connectivity index (χ1n) is 14.3. The lowest BCUT2D eigenvalue weighted by molar-refractivity contribution is 0.590. The van der Waals surface area contributed by atoms with E-state index >= 15 is 0 Å². The summed E-state index contributed by atoms with van der Waals surface area (Å²) < 4.78 is 20.2. The molecular weight excluding hydrogens is 517 g/mol. The third-order valence-corrected chi connectivity index (χ3v) is 8.50. The van der Waals surface area contributed by atoms with Gasteiger partial charge in [-0.05, 0) is 95.9 Å². The van der Waals surface area contributed by atoms with Crippen LogP contribution in [-0.4, -0.2) is 4.98 Å². The summed E-state index contributed by atoms with van der Waals surface area (Å²) in [6.45, 7) is 6.74. The number of fused-ring (bicyclic) bond motifs is 1. The minimum atomic E-state index is -0.257. The number of rotatable bonds is 3. The predicted molar refractivity (Wildman–Crippen MR) is 173 cm³/mol. The maximum absolute atomic E-state index is 13.9. The molecule has 0 spiro atoms. The van der Waals surface area contributed by atoms with Gasteiger partial charge in [-0.25, -0.2) is 9.37 Å². The quantitative estimate of drug-likeness (QED) is 0.206. The van der Waals surface area contributed by atoms with Crippen LogP contribution in [0.25, 0.3) is 77.1 Å². The van der Waals surface area contributed by atoms with Gasteiger partial charge >= 0.3 is 0 Å². The average Bonchev–Trinajstić information content (AvgIpc) is 3.42. The van der Waals surface area contributed by atoms with Crippen molar-refractivity contribution in [2.45, 2.75) is 26.2 Å². The molecule has 0 aliphatic carbocycles. The fraction of sp³-hybridized carbons (Fsp3) is 0.103. The Morgan fingerprint density at radius 1 is 0.595 bits per heavy atom. The molecule has 0 fully saturated rings. The molecule has 8 aromatic rings. The number of hydrogen-bond acceptors (Lipinski definition) is 2. The zero-order valence-electron chi connectivity index (χ0n) is 23.7. The van der Waals surface area contributed by atoms with E-state index < -0.39 is 0 Å². The number of nitrogens with zero attached hydrogens (tertiary/aromatic N) is 1. The molecule has 0 unspecified atom stereocenters. The summed E-state index contributed by atoms with van der Waals surface area (Å²) in [5.74, 6) is 0.324. The molecule has 0 atom stereocenters. The summed E-state index contributed by atoms with van der Waals surface area (Å²) in [5, 5.41) is 7.24. The molecule has 0 aliphatic rings. The number of oxazole rings is 1. The van der Waals surface area contributed by atoms with Crippen molar-refractivity contribution in [1.29, 1.82) is 0 Å². The Kier molecular flexibility index (Phi) is 5.30. The minimum absolute atomic E-state index is 0.114. The molecule has 7 aromatic carbocycles. The molecule has 0 aliphatic heterocycles. The van der Waals surface area contributed by atoms with E-state index in [2.05, 4.69) is 93.6 Å². The highest BCUT2D eigenvalue weighted by Gasteiger charge is 2.18. The summed E-state index contributed by atoms with van der Waals surface area (Å²) in [4.78, 5) is 4.91. The summed E-state index contributed by atoms with van der Waals surface area (Å²) in [5.41, 5.74) is 8.02. The van der Waals surface area contributed by atoms with Crippen LogP contribution in [0.3, 0.4) is 0 Å². The lowest BCUT2D eigenvalue weighted by Crippen LogP contribution is -2.10. The van der Waals surface area contributed by atoms with E-state index in [1.165, 1.54) is 55.8 Å². The molecule has 42 heavy (non-hydrogen) atoms. The third-order valence-electron chi connectivity index (χ3n) is 8.50. The summed E-state index contributed by atoms with van der Waals surface area (Å²) >= 11 is 0. The number of aromatic nitrogens is 1. The highest BCUT2D eigenvalue weighted by Crippen LogP contribution is 2.43. The first-order valence-corrected chi connectivity index (χ1v) is 14.3. The standard InChI is InChI=1S/C39H28FNO/c1-39(2,3)28-14-7-23(8-15-28)30-16-9-24-11-18-32-33(19-12-25-10-17-31(30)36(24)37(25)32)38-41-34-22-27(13-20-35(34)42-38)26-5-4-6-29(40)21-26/h4-22H,1-3H3. The second-order valence-corrected chi connectivity index (χ2v) is 12.2. The fourth-order valence-electron chi connectivity index (χ4n) is 6.28. The topological polar surface area (TPSA) is 26.0 Å². The molecule has 0 N–H and O–H groups in total. The molecule has 0 saturated heterocycles. The van der Waals surface area contributed by atoms with Gasteiger partial charge in [0.15, 0.2) is 5.58 Å². The van der Waals surface area contributed by atoms with Gasteiger partial charge in [-0.2, -0.15) is 0 Å². The van der Waals surface area contributed by atoms with Crippen LogP contribution in [0.5, 0.6) is 0 Å². The van der Waals surface area contributed by atoms with Gasteiger partial charge in [-0.3, -0.25) is 0 Å². The fourth-order valence-corrected chi connectivity index (χ4v) is 6.28. The molecule has 2 nitrogen and oxygen atoms in total. The zero-order valence-corrected chi connectivity index (χ0v) is 23.7. The maximum atomic E-state index is 13.9. The summed E-state index contributed by atoms with van der Waals surface area (Å²) in [6.07, 6.45) is 0. The molecule has 3 heteroatoms. The van der Waals surface area contributed by atoms with E-state index in [0.717, 1.165) is 27.6 Å². The SMILES string of the molecule is CC(C)(C)c1ccc(-c2ccc3ccc4c(-c5nc6cc(-c7cccc(F)c7)ccc6o5)ccc5ccc2c3c54)cc1. The van der Waals surface area contributed by atoms with Gasteiger partial charge in [0.2, 0.25) is 5.89 Å². The number of halogens is 1. The Morgan fingerprint density at radius 2 is 1.21 bits per heavy atom. The Hall–Kier alpha value is -5.02. The van der Waals surface area contributed by atoms with Crippen LogP contribution in [0, 0.1) is 5.82 Å². The average molecular weight is 546 g/mol. The van der Waals surface area contributed by atoms with Crippen molar-refractivity contribution >= 4 is 43.4 Å². The highest BCUT2D eigenvalue weighted by atomic mass is 19.1. The van der Waals surface area contributed by atoms with Crippen molar-refractivity contribution in [2.24, 2.45) is 0 Å². The number of benzene rings is 7. The van der Waals surface area contributed by atoms with Crippen molar-refractivity contribution in [3.8, 4) is 33.7 Å². The van der Waals surface area contributed by atoms with Crippen LogP contribution in [0.15, 0.2) is 120 Å². The summed E-state index contributed by atoms with van der Waals surface area (Å²) in [6, 6.07) is 39.0. The van der Waals surface area contributed by atoms with Gasteiger partial charge in [0.1, 0.15) is 11.3 Å². The van der Waals surface area contributed by atoms with Crippen molar-refractivity contribution in [3.63, 3.8) is 0 Å². The maximum Gasteiger partial charge on any atom is 0.227 e. The Bertz CT molecular complexity index is 2290. The van der Waals surface area contributed by atoms with Gasteiger partial charge in [0.25, 0.3) is 0 Å². The molecule has 0 amide bonds. The van der Waals surface area contributed by atoms with Crippen LogP contribution < -0.4 is 0 Å². The molecule has 1 aromatic heterocycles. The largest absolute Gasteiger partial charge is 0.436 e. The number of hydrogen-bond donors (Lipinski definition) is 0. The lowest BCUT2D eigenvalue weighted by atomic mass is 9.85. The smallest absolute Gasteiger partial charge is 0.227 e. The van der Waals surface area contributed by atoms with Gasteiger partial charge in [0.05, 0.1) is 0 Å². The van der Waals surface area contributed by atoms with E-state index in [0.29, 0.717) is 11.5 Å². The minimum Gasteiger partial charge on any atom is -0.436 e. The van der Waals surface area contributed by atoms with Gasteiger partial charge in [-0.15, -0.1) is 0 Å². The van der Waals surface area contributed by atoms with Gasteiger partial charge in [0, 0.05) is 5.56 Å². The first kappa shape index (κ1) is 24.8. The molecule has 8 rings (SSSR count). The highest BCUT2D eigenvalue weighted by molar-refractivity contribution is 6.27. The van der Waals surface area contributed by atoms with Crippen molar-refractivity contribution in [3.05, 3.63) is 127 Å². The van der Waals surface area contributed by atoms with E-state index in [1.54, 1.807) is 6.07 Å². The molecule has 0 bridgehead atoms. The lowest BCUT2D eigenvalue weighted by Gasteiger charge is -2.20. The third kappa shape index (κ3) is 3.88. The van der Waals surface area contributed by atoms with Crippen LogP contribution in [0.2, 0.25) is 0 Å². The Balaban J connectivity index is 1.29. The molecular formula is C39H28FNO. The first-order chi connectivity index (χ1) is 20.3. The normalized spacial score (nSPS) is 12.3. The zero-order chi connectivity index (χ0) is 28.6. The van der Waals surface area contributed by atoms with Crippen LogP contribution in [-0.2, 0) is 5.41 Å². The van der Waals surface area contributed by atoms with Crippen molar-refractivity contribution < 1.29 is 8.81 Å². The predicted octanol–water partition coefficient (Wildman–Crippen LogP) is 11.2. The Labute approximate surface area is 243 Å². The molecule has 202 valence electrons. The molecule has 0 saturated carbocycles. The van der Waals surface area contributed by atoms with Crippen molar-refractivity contribution in [1.82, 2.24) is 4.98 Å². The van der Waals surface area contributed by atoms with Crippen molar-refractivity contribution in [2.75, 3.05) is 0 Å². The van der Waals surface area contributed by atoms with E-state index in [1.807, 2.05) is 24.3 Å². The van der Waals surface area contributed by atoms with E-state index in [4.69, 9.17) is 9.40 Å². The summed E-state index contributed by atoms with van der Waals surface area (Å²) in [7, 11) is 0. The second-order valence-electron chi connectivity index (χ2n) is 12.2. The monoisotopic (exact) mass is 545 g/mol. The Morgan fingerprint density at radius 3 is 1.90 bits per heavy atom. The van der Waals surface area contributed by atoms with Crippen LogP contribution in [0.4, 0.5) is 4.39 Å². The van der Waals surface area contributed by atoms with Gasteiger partial charge in [-0.1, -0.05) is 106 Å². The van der Waals surface area contributed by atoms with Crippen LogP contribution in [0.1, 0.15) is 26.3 Å². The molecule has 0 radical (unpaired) electrons. The van der Waals surface area contributed by atoms with Gasteiger partial charge < -0.3 is 4.42 Å². The second kappa shape index (κ2) is 8.99. The van der Waals surface area contributed by atoms with Crippen LogP contribution >= 0.6 is 0 Å².